The smallest absolute Gasteiger partial charge is 0.252 e. The van der Waals surface area contributed by atoms with Crippen LogP contribution in [0, 0.1) is 0 Å². The van der Waals surface area contributed by atoms with Gasteiger partial charge in [0.25, 0.3) is 5.56 Å². The van der Waals surface area contributed by atoms with Crippen LogP contribution in [0.15, 0.2) is 10.9 Å². The van der Waals surface area contributed by atoms with E-state index in [1.165, 1.54) is 0 Å². The summed E-state index contributed by atoms with van der Waals surface area (Å²) in [5.74, 6) is 2.05. The molecule has 1 aliphatic carbocycles. The number of anilines is 1. The van der Waals surface area contributed by atoms with E-state index in [4.69, 9.17) is 0 Å². The van der Waals surface area contributed by atoms with Gasteiger partial charge in [0.2, 0.25) is 0 Å². The molecular weight excluding hydrogens is 228 g/mol. The van der Waals surface area contributed by atoms with E-state index in [2.05, 4.69) is 27.5 Å². The number of H-pyrrole nitrogens is 1. The lowest BCUT2D eigenvalue weighted by Crippen LogP contribution is -2.45. The molecule has 5 heteroatoms. The van der Waals surface area contributed by atoms with E-state index in [9.17, 15) is 4.79 Å². The van der Waals surface area contributed by atoms with E-state index < -0.39 is 0 Å². The van der Waals surface area contributed by atoms with Gasteiger partial charge in [0.1, 0.15) is 11.6 Å². The number of rotatable bonds is 3. The van der Waals surface area contributed by atoms with Crippen molar-refractivity contribution < 1.29 is 0 Å². The van der Waals surface area contributed by atoms with Crippen molar-refractivity contribution in [2.75, 3.05) is 18.4 Å². The maximum atomic E-state index is 11.6. The van der Waals surface area contributed by atoms with Gasteiger partial charge >= 0.3 is 0 Å². The molecule has 0 spiro atoms. The quantitative estimate of drug-likeness (QED) is 0.752. The van der Waals surface area contributed by atoms with Gasteiger partial charge in [-0.1, -0.05) is 0 Å². The molecule has 2 aliphatic rings. The topological polar surface area (TPSA) is 69.8 Å². The predicted octanol–water partition coefficient (Wildman–Crippen LogP) is 1.20. The summed E-state index contributed by atoms with van der Waals surface area (Å²) in [5.41, 5.74) is -0.000658. The lowest BCUT2D eigenvalue weighted by molar-refractivity contribution is 0.364. The molecule has 2 fully saturated rings. The van der Waals surface area contributed by atoms with Crippen LogP contribution in [-0.2, 0) is 0 Å². The van der Waals surface area contributed by atoms with E-state index in [0.29, 0.717) is 5.92 Å². The second-order valence-electron chi connectivity index (χ2n) is 5.73. The van der Waals surface area contributed by atoms with Crippen molar-refractivity contribution in [2.45, 2.75) is 44.1 Å². The number of hydrogen-bond acceptors (Lipinski definition) is 4. The van der Waals surface area contributed by atoms with Gasteiger partial charge in [0, 0.05) is 17.5 Å². The lowest BCUT2D eigenvalue weighted by Gasteiger charge is -2.35. The Kier molecular flexibility index (Phi) is 2.86. The Morgan fingerprint density at radius 1 is 1.39 bits per heavy atom. The van der Waals surface area contributed by atoms with Crippen molar-refractivity contribution in [3.05, 3.63) is 22.2 Å². The van der Waals surface area contributed by atoms with Gasteiger partial charge in [-0.05, 0) is 45.7 Å². The third-order valence-electron chi connectivity index (χ3n) is 3.86. The summed E-state index contributed by atoms with van der Waals surface area (Å²) < 4.78 is 0. The van der Waals surface area contributed by atoms with E-state index in [-0.39, 0.29) is 11.1 Å². The van der Waals surface area contributed by atoms with Crippen LogP contribution in [0.4, 0.5) is 5.82 Å². The summed E-state index contributed by atoms with van der Waals surface area (Å²) in [4.78, 5) is 19.0. The SMILES string of the molecule is CC1(Nc2cc(=O)[nH]c(C3CC3)n2)CCNCC1. The predicted molar refractivity (Wildman–Crippen MR) is 71.0 cm³/mol. The largest absolute Gasteiger partial charge is 0.365 e. The van der Waals surface area contributed by atoms with Crippen LogP contribution >= 0.6 is 0 Å². The molecule has 0 amide bonds. The standard InChI is InChI=1S/C13H20N4O/c1-13(4-6-14-7-5-13)17-10-8-11(18)16-12(15-10)9-2-3-9/h8-9,14H,2-7H2,1H3,(H2,15,16,17,18). The van der Waals surface area contributed by atoms with E-state index in [1.807, 2.05) is 0 Å². The lowest BCUT2D eigenvalue weighted by atomic mass is 9.91. The second kappa shape index (κ2) is 4.39. The molecular formula is C13H20N4O. The maximum Gasteiger partial charge on any atom is 0.252 e. The molecule has 3 N–H and O–H groups in total. The first-order valence-electron chi connectivity index (χ1n) is 6.75. The molecule has 0 atom stereocenters. The van der Waals surface area contributed by atoms with E-state index in [1.54, 1.807) is 6.07 Å². The maximum absolute atomic E-state index is 11.6. The summed E-state index contributed by atoms with van der Waals surface area (Å²) in [6.07, 6.45) is 4.40. The fourth-order valence-electron chi connectivity index (χ4n) is 2.50. The second-order valence-corrected chi connectivity index (χ2v) is 5.73. The minimum Gasteiger partial charge on any atom is -0.365 e. The Hall–Kier alpha value is -1.36. The van der Waals surface area contributed by atoms with E-state index >= 15 is 0 Å². The number of nitrogens with one attached hydrogen (secondary N) is 3. The van der Waals surface area contributed by atoms with Gasteiger partial charge in [-0.25, -0.2) is 4.98 Å². The normalized spacial score (nSPS) is 22.7. The number of piperidine rings is 1. The van der Waals surface area contributed by atoms with Crippen molar-refractivity contribution in [1.82, 2.24) is 15.3 Å². The minimum absolute atomic E-state index is 0.0485. The average molecular weight is 248 g/mol. The molecule has 1 saturated carbocycles. The van der Waals surface area contributed by atoms with Crippen molar-refractivity contribution in [1.29, 1.82) is 0 Å². The third-order valence-corrected chi connectivity index (χ3v) is 3.86. The monoisotopic (exact) mass is 248 g/mol. The van der Waals surface area contributed by atoms with Crippen LogP contribution in [0.3, 0.4) is 0 Å². The van der Waals surface area contributed by atoms with Crippen molar-refractivity contribution in [3.63, 3.8) is 0 Å². The molecule has 1 aromatic heterocycles. The highest BCUT2D eigenvalue weighted by atomic mass is 16.1. The number of aromatic amines is 1. The van der Waals surface area contributed by atoms with Crippen LogP contribution < -0.4 is 16.2 Å². The molecule has 1 saturated heterocycles. The highest BCUT2D eigenvalue weighted by Crippen LogP contribution is 2.37. The van der Waals surface area contributed by atoms with Crippen molar-refractivity contribution in [2.24, 2.45) is 0 Å². The molecule has 0 radical (unpaired) electrons. The van der Waals surface area contributed by atoms with Gasteiger partial charge in [-0.3, -0.25) is 4.79 Å². The zero-order valence-corrected chi connectivity index (χ0v) is 10.8. The highest BCUT2D eigenvalue weighted by Gasteiger charge is 2.29. The minimum atomic E-state index is -0.0491. The Morgan fingerprint density at radius 2 is 2.11 bits per heavy atom. The van der Waals surface area contributed by atoms with Crippen LogP contribution in [0.5, 0.6) is 0 Å². The zero-order valence-electron chi connectivity index (χ0n) is 10.8. The zero-order chi connectivity index (χ0) is 12.6. The van der Waals surface area contributed by atoms with Crippen molar-refractivity contribution >= 4 is 5.82 Å². The number of hydrogen-bond donors (Lipinski definition) is 3. The molecule has 1 aliphatic heterocycles. The molecule has 0 unspecified atom stereocenters. The molecule has 5 nitrogen and oxygen atoms in total. The van der Waals surface area contributed by atoms with Crippen LogP contribution in [0.25, 0.3) is 0 Å². The fraction of sp³-hybridized carbons (Fsp3) is 0.692. The van der Waals surface area contributed by atoms with Crippen LogP contribution in [-0.4, -0.2) is 28.6 Å². The molecule has 0 bridgehead atoms. The summed E-state index contributed by atoms with van der Waals surface area (Å²) in [6, 6.07) is 1.57. The number of nitrogens with zero attached hydrogens (tertiary/aromatic N) is 1. The van der Waals surface area contributed by atoms with E-state index in [0.717, 1.165) is 50.4 Å². The average Bonchev–Trinajstić information content (AvgIpc) is 3.12. The first-order chi connectivity index (χ1) is 8.65. The Bertz CT molecular complexity index is 486. The van der Waals surface area contributed by atoms with Crippen LogP contribution in [0.2, 0.25) is 0 Å². The highest BCUT2D eigenvalue weighted by molar-refractivity contribution is 5.37. The number of aromatic nitrogens is 2. The van der Waals surface area contributed by atoms with Gasteiger partial charge < -0.3 is 15.6 Å². The molecule has 98 valence electrons. The first kappa shape index (κ1) is 11.7. The van der Waals surface area contributed by atoms with Crippen LogP contribution in [0.1, 0.15) is 44.3 Å². The van der Waals surface area contributed by atoms with Gasteiger partial charge in [-0.15, -0.1) is 0 Å². The van der Waals surface area contributed by atoms with Gasteiger partial charge in [-0.2, -0.15) is 0 Å². The molecule has 0 aromatic carbocycles. The molecule has 2 heterocycles. The molecule has 18 heavy (non-hydrogen) atoms. The molecule has 3 rings (SSSR count). The van der Waals surface area contributed by atoms with Gasteiger partial charge in [0.15, 0.2) is 0 Å². The summed E-state index contributed by atoms with van der Waals surface area (Å²) in [5, 5.41) is 6.80. The third kappa shape index (κ3) is 2.56. The van der Waals surface area contributed by atoms with Crippen molar-refractivity contribution in [3.8, 4) is 0 Å². The fourth-order valence-corrected chi connectivity index (χ4v) is 2.50. The summed E-state index contributed by atoms with van der Waals surface area (Å²) >= 11 is 0. The summed E-state index contributed by atoms with van der Waals surface area (Å²) in [7, 11) is 0. The molecule has 1 aromatic rings. The Morgan fingerprint density at radius 3 is 2.78 bits per heavy atom. The first-order valence-corrected chi connectivity index (χ1v) is 6.75. The van der Waals surface area contributed by atoms with Gasteiger partial charge in [0.05, 0.1) is 0 Å². The Balaban J connectivity index is 1.80. The Labute approximate surface area is 106 Å². The summed E-state index contributed by atoms with van der Waals surface area (Å²) in [6.45, 7) is 4.23.